The van der Waals surface area contributed by atoms with E-state index in [2.05, 4.69) is 9.97 Å². The van der Waals surface area contributed by atoms with Gasteiger partial charge in [0.2, 0.25) is 0 Å². The molecule has 6 aromatic rings. The third-order valence-electron chi connectivity index (χ3n) is 15.6. The van der Waals surface area contributed by atoms with Gasteiger partial charge in [-0.3, -0.25) is 28.4 Å². The van der Waals surface area contributed by atoms with Gasteiger partial charge in [-0.2, -0.15) is 13.2 Å². The molecule has 2 aromatic heterocycles. The molecule has 4 aliphatic heterocycles. The molecular weight excluding hydrogens is 1020 g/mol. The van der Waals surface area contributed by atoms with Gasteiger partial charge in [-0.1, -0.05) is 36.4 Å². The lowest BCUT2D eigenvalue weighted by Crippen LogP contribution is -2.64. The lowest BCUT2D eigenvalue weighted by Gasteiger charge is -2.48. The summed E-state index contributed by atoms with van der Waals surface area (Å²) in [5, 5.41) is 11.0. The maximum atomic E-state index is 16.6. The maximum absolute atomic E-state index is 16.6. The Kier molecular flexibility index (Phi) is 15.4. The fraction of sp³-hybridized carbons (Fsp3) is 0.491. The first-order valence-electron chi connectivity index (χ1n) is 25.6. The summed E-state index contributed by atoms with van der Waals surface area (Å²) in [4.78, 5) is 12.5. The summed E-state index contributed by atoms with van der Waals surface area (Å²) in [6.45, 7) is -0.671. The monoisotopic (exact) mass is 1080 g/mol. The number of aromatic amines is 2. The number of halogens is 11. The first kappa shape index (κ1) is 53.9. The van der Waals surface area contributed by atoms with Crippen LogP contribution in [0.1, 0.15) is 66.0 Å². The zero-order valence-electron chi connectivity index (χ0n) is 41.8. The number of rotatable bonds is 20. The van der Waals surface area contributed by atoms with Crippen molar-refractivity contribution in [3.8, 4) is 11.5 Å². The molecule has 0 amide bonds. The number of aliphatic hydroxyl groups is 1. The molecule has 3 N–H and O–H groups in total. The quantitative estimate of drug-likeness (QED) is 0.0652. The van der Waals surface area contributed by atoms with Crippen LogP contribution in [0.25, 0.3) is 21.8 Å². The number of aromatic nitrogens is 2. The minimum Gasteiger partial charge on any atom is -0.492 e. The molecule has 0 aliphatic carbocycles. The van der Waals surface area contributed by atoms with E-state index in [1.54, 1.807) is 50.2 Å². The molecule has 0 bridgehead atoms. The van der Waals surface area contributed by atoms with Crippen molar-refractivity contribution in [1.82, 2.24) is 29.6 Å². The predicted molar refractivity (Wildman–Crippen MR) is 262 cm³/mol. The largest absolute Gasteiger partial charge is 0.492 e. The van der Waals surface area contributed by atoms with Crippen molar-refractivity contribution < 1.29 is 67.6 Å². The van der Waals surface area contributed by atoms with E-state index in [-0.39, 0.29) is 56.4 Å². The summed E-state index contributed by atoms with van der Waals surface area (Å²) in [7, 11) is 0. The Bertz CT molecular complexity index is 2970. The molecule has 76 heavy (non-hydrogen) atoms. The summed E-state index contributed by atoms with van der Waals surface area (Å²) in [6, 6.07) is 13.8. The molecule has 410 valence electrons. The van der Waals surface area contributed by atoms with E-state index in [9.17, 15) is 22.7 Å². The number of hydrogen-bond acceptors (Lipinski definition) is 8. The number of para-hydroxylation sites is 2. The van der Waals surface area contributed by atoms with Crippen molar-refractivity contribution in [2.45, 2.75) is 81.7 Å². The molecule has 0 radical (unpaired) electrons. The van der Waals surface area contributed by atoms with E-state index in [0.29, 0.717) is 53.2 Å². The fourth-order valence-corrected chi connectivity index (χ4v) is 11.7. The Morgan fingerprint density at radius 1 is 0.711 bits per heavy atom. The molecular formula is C55H59F11N6O4. The van der Waals surface area contributed by atoms with Gasteiger partial charge in [-0.25, -0.2) is 26.3 Å². The first-order valence-corrected chi connectivity index (χ1v) is 25.6. The molecule has 4 aromatic carbocycles. The number of hydrogen-bond donors (Lipinski definition) is 3. The van der Waals surface area contributed by atoms with Gasteiger partial charge in [0.05, 0.1) is 44.5 Å². The molecule has 10 nitrogen and oxygen atoms in total. The lowest BCUT2D eigenvalue weighted by atomic mass is 9.87. The molecule has 4 aliphatic rings. The molecule has 2 saturated heterocycles. The second-order valence-corrected chi connectivity index (χ2v) is 20.8. The van der Waals surface area contributed by atoms with Crippen LogP contribution in [0.4, 0.5) is 48.3 Å². The summed E-state index contributed by atoms with van der Waals surface area (Å²) < 4.78 is 187. The van der Waals surface area contributed by atoms with Crippen molar-refractivity contribution in [2.75, 3.05) is 79.0 Å². The number of ether oxygens (including phenoxy) is 3. The SMILES string of the molecule is C[C@@H]1Cc2c([nH]c3ccccc23)[C@@H](c2c(F)cc(OCCN3CC(CF)C3)cc2F)N1C[C@@H](COC1C(Oc2cc(F)c([C@@H]3c4[nH]c5ccccc5c4C[C@@H](C)N3CC(F)(F)CO)c(F)c2)CN1CCCF)C(F)(F)F. The number of nitrogens with one attached hydrogen (secondary N) is 2. The third kappa shape index (κ3) is 10.6. The lowest BCUT2D eigenvalue weighted by molar-refractivity contribution is -0.236. The van der Waals surface area contributed by atoms with Crippen LogP contribution in [0.5, 0.6) is 11.5 Å². The van der Waals surface area contributed by atoms with Crippen LogP contribution >= 0.6 is 0 Å². The number of H-pyrrole nitrogens is 2. The van der Waals surface area contributed by atoms with Crippen LogP contribution in [0.15, 0.2) is 72.8 Å². The molecule has 10 rings (SSSR count). The maximum Gasteiger partial charge on any atom is 0.395 e. The molecule has 0 spiro atoms. The van der Waals surface area contributed by atoms with Crippen LogP contribution in [-0.2, 0) is 17.6 Å². The van der Waals surface area contributed by atoms with E-state index in [1.807, 2.05) is 17.0 Å². The van der Waals surface area contributed by atoms with Crippen LogP contribution < -0.4 is 9.47 Å². The number of alkyl halides is 7. The third-order valence-corrected chi connectivity index (χ3v) is 15.6. The van der Waals surface area contributed by atoms with E-state index in [1.165, 1.54) is 14.7 Å². The molecule has 6 heterocycles. The Morgan fingerprint density at radius 2 is 1.25 bits per heavy atom. The minimum absolute atomic E-state index is 0.0191. The highest BCUT2D eigenvalue weighted by Gasteiger charge is 2.49. The van der Waals surface area contributed by atoms with Crippen LogP contribution in [-0.4, -0.2) is 150 Å². The van der Waals surface area contributed by atoms with Gasteiger partial charge in [0, 0.05) is 126 Å². The van der Waals surface area contributed by atoms with E-state index >= 15 is 30.7 Å². The Labute approximate surface area is 431 Å². The Balaban J connectivity index is 0.906. The minimum atomic E-state index is -4.94. The average molecular weight is 1080 g/mol. The van der Waals surface area contributed by atoms with Gasteiger partial charge in [-0.15, -0.1) is 0 Å². The van der Waals surface area contributed by atoms with E-state index in [0.717, 1.165) is 35.0 Å². The first-order chi connectivity index (χ1) is 36.4. The summed E-state index contributed by atoms with van der Waals surface area (Å²) in [6.07, 6.45) is -6.87. The highest BCUT2D eigenvalue weighted by atomic mass is 19.4. The molecule has 21 heteroatoms. The molecule has 7 atom stereocenters. The van der Waals surface area contributed by atoms with Crippen LogP contribution in [0.3, 0.4) is 0 Å². The molecule has 2 unspecified atom stereocenters. The van der Waals surface area contributed by atoms with Crippen molar-refractivity contribution in [2.24, 2.45) is 11.8 Å². The van der Waals surface area contributed by atoms with Gasteiger partial charge in [0.1, 0.15) is 54.2 Å². The van der Waals surface area contributed by atoms with E-state index < -0.39 is 129 Å². The van der Waals surface area contributed by atoms with Gasteiger partial charge >= 0.3 is 6.18 Å². The number of likely N-dealkylation sites (tertiary alicyclic amines) is 2. The number of nitrogens with zero attached hydrogens (tertiary/aromatic N) is 4. The zero-order valence-corrected chi connectivity index (χ0v) is 41.8. The number of fused-ring (bicyclic) bond motifs is 6. The van der Waals surface area contributed by atoms with Crippen molar-refractivity contribution in [3.63, 3.8) is 0 Å². The normalized spacial score (nSPS) is 23.4. The van der Waals surface area contributed by atoms with Crippen molar-refractivity contribution in [3.05, 3.63) is 130 Å². The number of aliphatic hydroxyl groups excluding tert-OH is 1. The van der Waals surface area contributed by atoms with Gasteiger partial charge in [-0.05, 0) is 56.4 Å². The van der Waals surface area contributed by atoms with Gasteiger partial charge < -0.3 is 29.3 Å². The van der Waals surface area contributed by atoms with Gasteiger partial charge in [0.25, 0.3) is 5.92 Å². The number of benzene rings is 4. The van der Waals surface area contributed by atoms with Gasteiger partial charge in [0.15, 0.2) is 6.10 Å². The predicted octanol–water partition coefficient (Wildman–Crippen LogP) is 10.4. The smallest absolute Gasteiger partial charge is 0.395 e. The molecule has 0 saturated carbocycles. The van der Waals surface area contributed by atoms with E-state index in [4.69, 9.17) is 14.2 Å². The highest BCUT2D eigenvalue weighted by Crippen LogP contribution is 2.47. The Morgan fingerprint density at radius 3 is 1.79 bits per heavy atom. The topological polar surface area (TPSA) is 92.5 Å². The fourth-order valence-electron chi connectivity index (χ4n) is 11.7. The van der Waals surface area contributed by atoms with Crippen molar-refractivity contribution >= 4 is 21.8 Å². The van der Waals surface area contributed by atoms with Crippen LogP contribution in [0, 0.1) is 35.1 Å². The second-order valence-electron chi connectivity index (χ2n) is 20.8. The summed E-state index contributed by atoms with van der Waals surface area (Å²) in [5.74, 6) is -10.9. The molecule has 2 fully saturated rings. The van der Waals surface area contributed by atoms with Crippen molar-refractivity contribution in [1.29, 1.82) is 0 Å². The second kappa shape index (κ2) is 21.8. The highest BCUT2D eigenvalue weighted by molar-refractivity contribution is 5.86. The summed E-state index contributed by atoms with van der Waals surface area (Å²) >= 11 is 0. The standard InChI is InChI=1S/C55H59F11N6O4/c1-30-16-38-36-8-3-5-10-44(36)67-49(38)51(47-40(58)18-34(19-41(47)59)74-15-14-69-23-32(22-57)24-69)71(30)25-33(55(64,65)66)27-75-53-46(26-70(53)13-7-12-56)76-35-20-42(60)48(43(61)21-35)52-50-39(37-9-4-6-11-45(37)68-50)17-31(2)72(52)28-54(62,63)29-73/h3-6,8-11,18-21,30-33,46,51-53,67-68,73H,7,12-17,22-29H2,1-2H3/t30-,31-,33+,46?,51-,52-,53?/m1/s1. The van der Waals surface area contributed by atoms with Crippen LogP contribution in [0.2, 0.25) is 0 Å². The Hall–Kier alpha value is -5.45. The summed E-state index contributed by atoms with van der Waals surface area (Å²) in [5.41, 5.74) is 2.18. The average Bonchev–Trinajstić information content (AvgIpc) is 4.10. The zero-order chi connectivity index (χ0) is 53.8.